The second-order valence-corrected chi connectivity index (χ2v) is 5.84. The fourth-order valence-electron chi connectivity index (χ4n) is 3.08. The van der Waals surface area contributed by atoms with Gasteiger partial charge in [0.05, 0.1) is 0 Å². The molecule has 0 heterocycles. The molecule has 0 bridgehead atoms. The lowest BCUT2D eigenvalue weighted by Crippen LogP contribution is -2.22. The minimum absolute atomic E-state index is 0.293. The van der Waals surface area contributed by atoms with Gasteiger partial charge in [0.2, 0.25) is 0 Å². The Morgan fingerprint density at radius 1 is 1.11 bits per heavy atom. The Labute approximate surface area is 117 Å². The van der Waals surface area contributed by atoms with E-state index < -0.39 is 0 Å². The van der Waals surface area contributed by atoms with Crippen molar-refractivity contribution < 1.29 is 4.79 Å². The quantitative estimate of drug-likeness (QED) is 0.647. The van der Waals surface area contributed by atoms with Gasteiger partial charge in [0.15, 0.2) is 0 Å². The molecule has 0 spiro atoms. The molecule has 1 heteroatoms. The van der Waals surface area contributed by atoms with Gasteiger partial charge in [-0.3, -0.25) is 4.79 Å². The number of rotatable bonds is 7. The zero-order chi connectivity index (χ0) is 13.5. The van der Waals surface area contributed by atoms with E-state index >= 15 is 0 Å². The van der Waals surface area contributed by atoms with Crippen molar-refractivity contribution in [2.24, 2.45) is 5.92 Å². The molecule has 0 amide bonds. The molecule has 0 radical (unpaired) electrons. The average molecular weight is 258 g/mol. The number of carbonyl (C=O) groups excluding carboxylic acids is 1. The molecule has 0 saturated carbocycles. The van der Waals surface area contributed by atoms with Crippen LogP contribution in [0.1, 0.15) is 63.0 Å². The number of Topliss-reactive ketones (excluding diaryl/α,β-unsaturated/α-hetero) is 1. The molecule has 104 valence electrons. The van der Waals surface area contributed by atoms with Crippen LogP contribution in [0, 0.1) is 5.92 Å². The molecule has 0 aromatic heterocycles. The van der Waals surface area contributed by atoms with Crippen molar-refractivity contribution in [2.45, 2.75) is 64.7 Å². The van der Waals surface area contributed by atoms with Crippen molar-refractivity contribution in [1.82, 2.24) is 0 Å². The van der Waals surface area contributed by atoms with Gasteiger partial charge in [-0.2, -0.15) is 0 Å². The summed E-state index contributed by atoms with van der Waals surface area (Å²) in [7, 11) is 0. The van der Waals surface area contributed by atoms with Crippen LogP contribution < -0.4 is 0 Å². The Morgan fingerprint density at radius 2 is 1.84 bits per heavy atom. The Kier molecular flexibility index (Phi) is 5.62. The van der Waals surface area contributed by atoms with Crippen molar-refractivity contribution in [2.75, 3.05) is 0 Å². The zero-order valence-corrected chi connectivity index (χ0v) is 12.2. The van der Waals surface area contributed by atoms with Crippen LogP contribution in [0.5, 0.6) is 0 Å². The number of hydrogen-bond donors (Lipinski definition) is 0. The van der Waals surface area contributed by atoms with Gasteiger partial charge in [0, 0.05) is 12.3 Å². The molecular formula is C18H26O. The van der Waals surface area contributed by atoms with E-state index in [4.69, 9.17) is 0 Å². The predicted molar refractivity (Wildman–Crippen MR) is 80.3 cm³/mol. The summed E-state index contributed by atoms with van der Waals surface area (Å²) in [6.07, 6.45) is 10.1. The van der Waals surface area contributed by atoms with Crippen molar-refractivity contribution >= 4 is 5.78 Å². The molecule has 0 saturated heterocycles. The lowest BCUT2D eigenvalue weighted by Gasteiger charge is -2.23. The van der Waals surface area contributed by atoms with Gasteiger partial charge in [-0.15, -0.1) is 0 Å². The third-order valence-corrected chi connectivity index (χ3v) is 4.33. The van der Waals surface area contributed by atoms with E-state index in [-0.39, 0.29) is 0 Å². The number of aryl methyl sites for hydroxylation is 1. The summed E-state index contributed by atoms with van der Waals surface area (Å²) < 4.78 is 0. The smallest absolute Gasteiger partial charge is 0.136 e. The Balaban J connectivity index is 1.76. The monoisotopic (exact) mass is 258 g/mol. The molecule has 1 unspecified atom stereocenters. The molecule has 1 aromatic carbocycles. The van der Waals surface area contributed by atoms with Gasteiger partial charge in [0.25, 0.3) is 0 Å². The van der Waals surface area contributed by atoms with Gasteiger partial charge in [0.1, 0.15) is 5.78 Å². The first-order valence-electron chi connectivity index (χ1n) is 7.90. The van der Waals surface area contributed by atoms with E-state index in [9.17, 15) is 4.79 Å². The van der Waals surface area contributed by atoms with Crippen LogP contribution >= 0.6 is 0 Å². The first-order valence-corrected chi connectivity index (χ1v) is 7.90. The number of fused-ring (bicyclic) bond motifs is 1. The lowest BCUT2D eigenvalue weighted by molar-refractivity contribution is -0.123. The molecule has 1 aliphatic rings. The molecule has 0 N–H and O–H groups in total. The van der Waals surface area contributed by atoms with Gasteiger partial charge in [-0.1, -0.05) is 56.9 Å². The molecule has 19 heavy (non-hydrogen) atoms. The van der Waals surface area contributed by atoms with Crippen LogP contribution in [0.2, 0.25) is 0 Å². The maximum atomic E-state index is 12.2. The fourth-order valence-corrected chi connectivity index (χ4v) is 3.08. The van der Waals surface area contributed by atoms with Crippen molar-refractivity contribution in [3.63, 3.8) is 0 Å². The van der Waals surface area contributed by atoms with E-state index in [1.165, 1.54) is 36.8 Å². The Morgan fingerprint density at radius 3 is 2.63 bits per heavy atom. The van der Waals surface area contributed by atoms with Crippen molar-refractivity contribution in [3.05, 3.63) is 35.4 Å². The molecular weight excluding hydrogens is 232 g/mol. The van der Waals surface area contributed by atoms with Gasteiger partial charge >= 0.3 is 0 Å². The Hall–Kier alpha value is -1.11. The maximum absolute atomic E-state index is 12.2. The van der Waals surface area contributed by atoms with E-state index in [1.54, 1.807) is 0 Å². The summed E-state index contributed by atoms with van der Waals surface area (Å²) in [6, 6.07) is 8.60. The third kappa shape index (κ3) is 4.19. The summed E-state index contributed by atoms with van der Waals surface area (Å²) in [5.41, 5.74) is 2.85. The highest BCUT2D eigenvalue weighted by Gasteiger charge is 2.23. The van der Waals surface area contributed by atoms with Crippen LogP contribution in [-0.4, -0.2) is 5.78 Å². The highest BCUT2D eigenvalue weighted by molar-refractivity contribution is 5.81. The van der Waals surface area contributed by atoms with Gasteiger partial charge in [-0.25, -0.2) is 0 Å². The molecule has 0 aliphatic heterocycles. The number of hydrogen-bond acceptors (Lipinski definition) is 1. The van der Waals surface area contributed by atoms with Gasteiger partial charge < -0.3 is 0 Å². The topological polar surface area (TPSA) is 17.1 Å². The standard InChI is InChI=1S/C18H26O/c1-2-3-4-5-6-11-18(19)17-13-12-15-9-7-8-10-16(15)14-17/h7-10,17H,2-6,11-14H2,1H3. The lowest BCUT2D eigenvalue weighted by atomic mass is 9.80. The summed E-state index contributed by atoms with van der Waals surface area (Å²) >= 11 is 0. The Bertz CT molecular complexity index is 408. The van der Waals surface area contributed by atoms with Gasteiger partial charge in [-0.05, 0) is 36.8 Å². The van der Waals surface area contributed by atoms with E-state index in [0.717, 1.165) is 32.1 Å². The molecule has 1 aliphatic carbocycles. The number of ketones is 1. The van der Waals surface area contributed by atoms with Crippen LogP contribution in [0.3, 0.4) is 0 Å². The predicted octanol–water partition coefficient (Wildman–Crippen LogP) is 4.72. The second kappa shape index (κ2) is 7.47. The summed E-state index contributed by atoms with van der Waals surface area (Å²) in [6.45, 7) is 2.23. The second-order valence-electron chi connectivity index (χ2n) is 5.84. The minimum atomic E-state index is 0.293. The van der Waals surface area contributed by atoms with E-state index in [0.29, 0.717) is 11.7 Å². The largest absolute Gasteiger partial charge is 0.299 e. The van der Waals surface area contributed by atoms with Crippen LogP contribution in [-0.2, 0) is 17.6 Å². The average Bonchev–Trinajstić information content (AvgIpc) is 2.46. The number of carbonyl (C=O) groups is 1. The number of unbranched alkanes of at least 4 members (excludes halogenated alkanes) is 4. The van der Waals surface area contributed by atoms with Crippen LogP contribution in [0.15, 0.2) is 24.3 Å². The van der Waals surface area contributed by atoms with Crippen molar-refractivity contribution in [1.29, 1.82) is 0 Å². The fraction of sp³-hybridized carbons (Fsp3) is 0.611. The summed E-state index contributed by atoms with van der Waals surface area (Å²) in [4.78, 5) is 12.2. The highest BCUT2D eigenvalue weighted by Crippen LogP contribution is 2.27. The third-order valence-electron chi connectivity index (χ3n) is 4.33. The molecule has 1 aromatic rings. The highest BCUT2D eigenvalue weighted by atomic mass is 16.1. The van der Waals surface area contributed by atoms with Crippen LogP contribution in [0.25, 0.3) is 0 Å². The van der Waals surface area contributed by atoms with Crippen LogP contribution in [0.4, 0.5) is 0 Å². The molecule has 1 atom stereocenters. The number of benzene rings is 1. The summed E-state index contributed by atoms with van der Waals surface area (Å²) in [5, 5.41) is 0. The first-order chi connectivity index (χ1) is 9.31. The minimum Gasteiger partial charge on any atom is -0.299 e. The molecule has 0 fully saturated rings. The zero-order valence-electron chi connectivity index (χ0n) is 12.2. The normalized spacial score (nSPS) is 18.1. The van der Waals surface area contributed by atoms with E-state index in [2.05, 4.69) is 31.2 Å². The summed E-state index contributed by atoms with van der Waals surface area (Å²) in [5.74, 6) is 0.798. The van der Waals surface area contributed by atoms with Crippen molar-refractivity contribution in [3.8, 4) is 0 Å². The maximum Gasteiger partial charge on any atom is 0.136 e. The SMILES string of the molecule is CCCCCCCC(=O)C1CCc2ccccc2C1. The van der Waals surface area contributed by atoms with E-state index in [1.807, 2.05) is 0 Å². The first kappa shape index (κ1) is 14.3. The molecule has 1 nitrogen and oxygen atoms in total. The molecule has 2 rings (SSSR count).